The Morgan fingerprint density at radius 3 is 2.88 bits per heavy atom. The fourth-order valence-corrected chi connectivity index (χ4v) is 2.25. The summed E-state index contributed by atoms with van der Waals surface area (Å²) in [6.07, 6.45) is 3.62. The molecule has 0 amide bonds. The van der Waals surface area contributed by atoms with Gasteiger partial charge in [-0.15, -0.1) is 0 Å². The van der Waals surface area contributed by atoms with Crippen molar-refractivity contribution >= 4 is 38.4 Å². The molecule has 1 aromatic carbocycles. The second-order valence-corrected chi connectivity index (χ2v) is 4.83. The molecule has 3 rings (SSSR count). The number of aromatic nitrogens is 3. The van der Waals surface area contributed by atoms with Crippen LogP contribution in [0.1, 0.15) is 0 Å². The summed E-state index contributed by atoms with van der Waals surface area (Å²) in [5.41, 5.74) is 1.08. The lowest BCUT2D eigenvalue weighted by molar-refractivity contribution is 1.01. The van der Waals surface area contributed by atoms with Crippen LogP contribution in [0.15, 0.2) is 47.2 Å². The van der Waals surface area contributed by atoms with Crippen LogP contribution in [0.3, 0.4) is 0 Å². The van der Waals surface area contributed by atoms with Crippen molar-refractivity contribution in [3.63, 3.8) is 0 Å². The Labute approximate surface area is 111 Å². The molecule has 0 atom stereocenters. The van der Waals surface area contributed by atoms with Gasteiger partial charge < -0.3 is 4.57 Å². The van der Waals surface area contributed by atoms with Crippen LogP contribution in [0.4, 0.5) is 0 Å². The van der Waals surface area contributed by atoms with E-state index < -0.39 is 0 Å². The first-order valence-corrected chi connectivity index (χ1v) is 6.17. The minimum Gasteiger partial charge on any atom is -0.301 e. The van der Waals surface area contributed by atoms with E-state index in [2.05, 4.69) is 32.0 Å². The number of hydrogen-bond acceptors (Lipinski definition) is 2. The van der Waals surface area contributed by atoms with Crippen molar-refractivity contribution in [1.82, 2.24) is 14.5 Å². The van der Waals surface area contributed by atoms with Gasteiger partial charge in [0, 0.05) is 22.3 Å². The summed E-state index contributed by atoms with van der Waals surface area (Å²) in [5, 5.41) is 1.40. The summed E-state index contributed by atoms with van der Waals surface area (Å²) in [6.45, 7) is 0. The van der Waals surface area contributed by atoms with Crippen molar-refractivity contribution in [1.29, 1.82) is 0 Å². The average Bonchev–Trinajstić information content (AvgIpc) is 2.71. The lowest BCUT2D eigenvalue weighted by atomic mass is 10.2. The average molecular weight is 309 g/mol. The van der Waals surface area contributed by atoms with Crippen LogP contribution in [-0.4, -0.2) is 14.5 Å². The van der Waals surface area contributed by atoms with E-state index in [1.165, 1.54) is 0 Å². The van der Waals surface area contributed by atoms with Crippen molar-refractivity contribution in [2.75, 3.05) is 0 Å². The highest BCUT2D eigenvalue weighted by molar-refractivity contribution is 9.10. The smallest absolute Gasteiger partial charge is 0.224 e. The maximum atomic E-state index is 5.80. The van der Waals surface area contributed by atoms with Crippen LogP contribution in [-0.2, 0) is 0 Å². The van der Waals surface area contributed by atoms with E-state index >= 15 is 0 Å². The number of fused-ring (bicyclic) bond motifs is 1. The Balaban J connectivity index is 2.27. The van der Waals surface area contributed by atoms with E-state index in [4.69, 9.17) is 11.6 Å². The third-order valence-electron chi connectivity index (χ3n) is 2.51. The zero-order valence-corrected chi connectivity index (χ0v) is 11.0. The molecule has 0 aliphatic carbocycles. The second-order valence-electron chi connectivity index (χ2n) is 3.57. The molecule has 0 radical (unpaired) electrons. The molecule has 0 bridgehead atoms. The Bertz CT molecular complexity index is 693. The largest absolute Gasteiger partial charge is 0.301 e. The molecule has 0 fully saturated rings. The van der Waals surface area contributed by atoms with E-state index in [-0.39, 0.29) is 5.28 Å². The van der Waals surface area contributed by atoms with Gasteiger partial charge in [0.1, 0.15) is 5.82 Å². The minimum atomic E-state index is 0.249. The zero-order chi connectivity index (χ0) is 11.8. The lowest BCUT2D eigenvalue weighted by Gasteiger charge is -2.04. The molecule has 0 aliphatic heterocycles. The normalized spacial score (nSPS) is 10.9. The van der Waals surface area contributed by atoms with Gasteiger partial charge in [0.05, 0.1) is 5.52 Å². The molecule has 0 N–H and O–H groups in total. The molecule has 0 unspecified atom stereocenters. The SMILES string of the molecule is Clc1nccc(-n2ccc3ccc(Br)cc32)n1. The molecule has 17 heavy (non-hydrogen) atoms. The van der Waals surface area contributed by atoms with Crippen LogP contribution < -0.4 is 0 Å². The third-order valence-corrected chi connectivity index (χ3v) is 3.19. The van der Waals surface area contributed by atoms with Crippen LogP contribution in [0.5, 0.6) is 0 Å². The van der Waals surface area contributed by atoms with Gasteiger partial charge in [-0.25, -0.2) is 4.98 Å². The lowest BCUT2D eigenvalue weighted by Crippen LogP contribution is -1.96. The topological polar surface area (TPSA) is 30.7 Å². The second kappa shape index (κ2) is 4.13. The van der Waals surface area contributed by atoms with Gasteiger partial charge in [-0.05, 0) is 35.9 Å². The molecule has 0 aliphatic rings. The summed E-state index contributed by atoms with van der Waals surface area (Å²) in [6, 6.07) is 9.98. The molecule has 0 saturated carbocycles. The molecule has 2 aromatic heterocycles. The van der Waals surface area contributed by atoms with Gasteiger partial charge >= 0.3 is 0 Å². The first-order chi connectivity index (χ1) is 8.24. The Morgan fingerprint density at radius 2 is 2.06 bits per heavy atom. The van der Waals surface area contributed by atoms with Gasteiger partial charge in [0.2, 0.25) is 5.28 Å². The standard InChI is InChI=1S/C12H7BrClN3/c13-9-2-1-8-4-6-17(10(8)7-9)11-3-5-15-12(14)16-11/h1-7H. The summed E-state index contributed by atoms with van der Waals surface area (Å²) in [4.78, 5) is 8.08. The number of hydrogen-bond donors (Lipinski definition) is 0. The highest BCUT2D eigenvalue weighted by atomic mass is 79.9. The summed E-state index contributed by atoms with van der Waals surface area (Å²) < 4.78 is 3.01. The van der Waals surface area contributed by atoms with E-state index in [0.29, 0.717) is 0 Å². The van der Waals surface area contributed by atoms with E-state index in [0.717, 1.165) is 21.2 Å². The van der Waals surface area contributed by atoms with Crippen molar-refractivity contribution in [2.45, 2.75) is 0 Å². The Hall–Kier alpha value is -1.39. The Morgan fingerprint density at radius 1 is 1.18 bits per heavy atom. The van der Waals surface area contributed by atoms with Gasteiger partial charge in [-0.1, -0.05) is 22.0 Å². The fraction of sp³-hybridized carbons (Fsp3) is 0. The molecule has 84 valence electrons. The monoisotopic (exact) mass is 307 g/mol. The number of benzene rings is 1. The van der Waals surface area contributed by atoms with Crippen LogP contribution >= 0.6 is 27.5 Å². The third kappa shape index (κ3) is 1.94. The first-order valence-electron chi connectivity index (χ1n) is 4.99. The maximum Gasteiger partial charge on any atom is 0.224 e. The molecule has 3 nitrogen and oxygen atoms in total. The fourth-order valence-electron chi connectivity index (χ4n) is 1.76. The summed E-state index contributed by atoms with van der Waals surface area (Å²) >= 11 is 9.27. The predicted molar refractivity (Wildman–Crippen MR) is 71.6 cm³/mol. The number of halogens is 2. The molecular formula is C12H7BrClN3. The van der Waals surface area contributed by atoms with E-state index in [9.17, 15) is 0 Å². The molecule has 2 heterocycles. The van der Waals surface area contributed by atoms with Crippen molar-refractivity contribution in [3.8, 4) is 5.82 Å². The van der Waals surface area contributed by atoms with E-state index in [1.807, 2.05) is 35.0 Å². The highest BCUT2D eigenvalue weighted by Gasteiger charge is 2.05. The van der Waals surface area contributed by atoms with Crippen LogP contribution in [0, 0.1) is 0 Å². The molecule has 0 spiro atoms. The summed E-state index contributed by atoms with van der Waals surface area (Å²) in [7, 11) is 0. The predicted octanol–water partition coefficient (Wildman–Crippen LogP) is 3.84. The maximum absolute atomic E-state index is 5.80. The number of rotatable bonds is 1. The van der Waals surface area contributed by atoms with Crippen molar-refractivity contribution in [3.05, 3.63) is 52.5 Å². The van der Waals surface area contributed by atoms with Crippen LogP contribution in [0.2, 0.25) is 5.28 Å². The molecule has 0 saturated heterocycles. The van der Waals surface area contributed by atoms with Crippen molar-refractivity contribution in [2.24, 2.45) is 0 Å². The molecular weight excluding hydrogens is 302 g/mol. The van der Waals surface area contributed by atoms with Gasteiger partial charge in [-0.3, -0.25) is 0 Å². The minimum absolute atomic E-state index is 0.249. The highest BCUT2D eigenvalue weighted by Crippen LogP contribution is 2.23. The van der Waals surface area contributed by atoms with Gasteiger partial charge in [0.25, 0.3) is 0 Å². The van der Waals surface area contributed by atoms with Gasteiger partial charge in [0.15, 0.2) is 0 Å². The van der Waals surface area contributed by atoms with Crippen LogP contribution in [0.25, 0.3) is 16.7 Å². The van der Waals surface area contributed by atoms with Gasteiger partial charge in [-0.2, -0.15) is 4.98 Å². The summed E-state index contributed by atoms with van der Waals surface area (Å²) in [5.74, 6) is 0.762. The zero-order valence-electron chi connectivity index (χ0n) is 8.64. The quantitative estimate of drug-likeness (QED) is 0.640. The van der Waals surface area contributed by atoms with Crippen molar-refractivity contribution < 1.29 is 0 Å². The Kier molecular flexibility index (Phi) is 2.61. The first kappa shape index (κ1) is 10.7. The molecule has 5 heteroatoms. The molecule has 3 aromatic rings. The van der Waals surface area contributed by atoms with E-state index in [1.54, 1.807) is 6.20 Å². The number of nitrogens with zero attached hydrogens (tertiary/aromatic N) is 3.